The van der Waals surface area contributed by atoms with E-state index in [1.165, 1.54) is 12.1 Å². The Morgan fingerprint density at radius 3 is 2.67 bits per heavy atom. The van der Waals surface area contributed by atoms with E-state index in [2.05, 4.69) is 12.2 Å². The fourth-order valence-corrected chi connectivity index (χ4v) is 1.55. The number of hydrogen-bond acceptors (Lipinski definition) is 1. The molecule has 0 aliphatic rings. The van der Waals surface area contributed by atoms with Crippen molar-refractivity contribution in [2.45, 2.75) is 32.7 Å². The highest BCUT2D eigenvalue weighted by Crippen LogP contribution is 2.12. The Hall–Kier alpha value is -0.960. The molecule has 1 aromatic rings. The summed E-state index contributed by atoms with van der Waals surface area (Å²) in [6, 6.07) is 4.12. The Bertz CT molecular complexity index is 312. The molecule has 0 aliphatic carbocycles. The highest BCUT2D eigenvalue weighted by molar-refractivity contribution is 5.18. The van der Waals surface area contributed by atoms with Crippen LogP contribution in [0.15, 0.2) is 18.2 Å². The van der Waals surface area contributed by atoms with Crippen LogP contribution in [-0.2, 0) is 6.42 Å². The van der Waals surface area contributed by atoms with Crippen molar-refractivity contribution in [1.29, 1.82) is 0 Å². The Morgan fingerprint density at radius 1 is 1.33 bits per heavy atom. The third kappa shape index (κ3) is 3.96. The van der Waals surface area contributed by atoms with Crippen molar-refractivity contribution in [2.24, 2.45) is 0 Å². The first-order valence-corrected chi connectivity index (χ1v) is 5.30. The van der Waals surface area contributed by atoms with E-state index >= 15 is 0 Å². The van der Waals surface area contributed by atoms with Gasteiger partial charge in [-0.3, -0.25) is 0 Å². The molecule has 0 bridgehead atoms. The fourth-order valence-electron chi connectivity index (χ4n) is 1.55. The maximum atomic E-state index is 13.2. The van der Waals surface area contributed by atoms with Gasteiger partial charge in [-0.15, -0.1) is 0 Å². The molecule has 3 heteroatoms. The van der Waals surface area contributed by atoms with Gasteiger partial charge < -0.3 is 5.32 Å². The zero-order valence-electron chi connectivity index (χ0n) is 9.19. The van der Waals surface area contributed by atoms with Crippen LogP contribution >= 0.6 is 0 Å². The highest BCUT2D eigenvalue weighted by atomic mass is 19.1. The van der Waals surface area contributed by atoms with E-state index in [9.17, 15) is 8.78 Å². The summed E-state index contributed by atoms with van der Waals surface area (Å²) in [5.41, 5.74) is 0.584. The van der Waals surface area contributed by atoms with Gasteiger partial charge in [0.1, 0.15) is 11.6 Å². The molecule has 1 rings (SSSR count). The van der Waals surface area contributed by atoms with Crippen LogP contribution in [0.4, 0.5) is 8.78 Å². The van der Waals surface area contributed by atoms with Gasteiger partial charge in [0.2, 0.25) is 0 Å². The number of nitrogens with one attached hydrogen (secondary N) is 1. The molecular weight excluding hydrogens is 196 g/mol. The molecule has 0 fully saturated rings. The zero-order chi connectivity index (χ0) is 11.3. The minimum atomic E-state index is -0.518. The standard InChI is InChI=1S/C12H17F2N/c1-3-15-9(2)4-5-10-6-7-11(13)8-12(10)14/h6-9,15H,3-5H2,1-2H3. The van der Waals surface area contributed by atoms with Crippen LogP contribution in [-0.4, -0.2) is 12.6 Å². The quantitative estimate of drug-likeness (QED) is 0.793. The van der Waals surface area contributed by atoms with Crippen LogP contribution in [0, 0.1) is 11.6 Å². The van der Waals surface area contributed by atoms with Crippen LogP contribution in [0.25, 0.3) is 0 Å². The van der Waals surface area contributed by atoms with E-state index in [-0.39, 0.29) is 0 Å². The van der Waals surface area contributed by atoms with Gasteiger partial charge in [-0.05, 0) is 37.9 Å². The molecular formula is C12H17F2N. The van der Waals surface area contributed by atoms with Crippen molar-refractivity contribution in [1.82, 2.24) is 5.32 Å². The Kier molecular flexibility index (Phi) is 4.69. The molecule has 1 nitrogen and oxygen atoms in total. The van der Waals surface area contributed by atoms with Crippen LogP contribution in [0.2, 0.25) is 0 Å². The van der Waals surface area contributed by atoms with E-state index in [0.29, 0.717) is 18.0 Å². The van der Waals surface area contributed by atoms with Gasteiger partial charge in [-0.1, -0.05) is 13.0 Å². The SMILES string of the molecule is CCNC(C)CCc1ccc(F)cc1F. The average molecular weight is 213 g/mol. The molecule has 0 saturated heterocycles. The third-order valence-electron chi connectivity index (χ3n) is 2.41. The first-order chi connectivity index (χ1) is 7.13. The molecule has 0 amide bonds. The molecule has 1 aromatic carbocycles. The van der Waals surface area contributed by atoms with Crippen molar-refractivity contribution in [3.8, 4) is 0 Å². The Labute approximate surface area is 89.5 Å². The summed E-state index contributed by atoms with van der Waals surface area (Å²) in [5.74, 6) is -0.963. The maximum absolute atomic E-state index is 13.2. The molecule has 0 spiro atoms. The van der Waals surface area contributed by atoms with Gasteiger partial charge in [0.15, 0.2) is 0 Å². The normalized spacial score (nSPS) is 12.8. The van der Waals surface area contributed by atoms with Gasteiger partial charge in [-0.25, -0.2) is 8.78 Å². The summed E-state index contributed by atoms with van der Waals surface area (Å²) < 4.78 is 25.8. The average Bonchev–Trinajstić information content (AvgIpc) is 2.17. The number of rotatable bonds is 5. The van der Waals surface area contributed by atoms with E-state index in [0.717, 1.165) is 19.0 Å². The lowest BCUT2D eigenvalue weighted by Crippen LogP contribution is -2.26. The third-order valence-corrected chi connectivity index (χ3v) is 2.41. The predicted molar refractivity (Wildman–Crippen MR) is 57.8 cm³/mol. The van der Waals surface area contributed by atoms with Gasteiger partial charge in [0.25, 0.3) is 0 Å². The predicted octanol–water partition coefficient (Wildman–Crippen LogP) is 2.90. The molecule has 0 saturated carbocycles. The summed E-state index contributed by atoms with van der Waals surface area (Å²) in [5, 5.41) is 3.25. The summed E-state index contributed by atoms with van der Waals surface area (Å²) in [6.45, 7) is 5.01. The largest absolute Gasteiger partial charge is 0.315 e. The number of benzene rings is 1. The maximum Gasteiger partial charge on any atom is 0.129 e. The lowest BCUT2D eigenvalue weighted by molar-refractivity contribution is 0.517. The molecule has 1 N–H and O–H groups in total. The molecule has 0 aliphatic heterocycles. The van der Waals surface area contributed by atoms with Gasteiger partial charge in [0, 0.05) is 12.1 Å². The second-order valence-electron chi connectivity index (χ2n) is 3.73. The van der Waals surface area contributed by atoms with E-state index in [1.807, 2.05) is 6.92 Å². The molecule has 84 valence electrons. The van der Waals surface area contributed by atoms with Crippen molar-refractivity contribution in [3.05, 3.63) is 35.4 Å². The number of hydrogen-bond donors (Lipinski definition) is 1. The molecule has 15 heavy (non-hydrogen) atoms. The number of halogens is 2. The van der Waals surface area contributed by atoms with Gasteiger partial charge in [0.05, 0.1) is 0 Å². The van der Waals surface area contributed by atoms with E-state index in [1.54, 1.807) is 0 Å². The molecule has 1 atom stereocenters. The first-order valence-electron chi connectivity index (χ1n) is 5.30. The smallest absolute Gasteiger partial charge is 0.129 e. The zero-order valence-corrected chi connectivity index (χ0v) is 9.19. The van der Waals surface area contributed by atoms with Crippen molar-refractivity contribution >= 4 is 0 Å². The molecule has 0 radical (unpaired) electrons. The van der Waals surface area contributed by atoms with Crippen LogP contribution in [0.5, 0.6) is 0 Å². The highest BCUT2D eigenvalue weighted by Gasteiger charge is 2.06. The fraction of sp³-hybridized carbons (Fsp3) is 0.500. The van der Waals surface area contributed by atoms with Crippen LogP contribution < -0.4 is 5.32 Å². The molecule has 0 heterocycles. The van der Waals surface area contributed by atoms with Crippen LogP contribution in [0.1, 0.15) is 25.8 Å². The topological polar surface area (TPSA) is 12.0 Å². The molecule has 0 aromatic heterocycles. The Morgan fingerprint density at radius 2 is 2.07 bits per heavy atom. The summed E-state index contributed by atoms with van der Waals surface area (Å²) in [4.78, 5) is 0. The van der Waals surface area contributed by atoms with Crippen molar-refractivity contribution < 1.29 is 8.78 Å². The lowest BCUT2D eigenvalue weighted by Gasteiger charge is -2.12. The van der Waals surface area contributed by atoms with Crippen LogP contribution in [0.3, 0.4) is 0 Å². The molecule has 1 unspecified atom stereocenters. The number of aryl methyl sites for hydroxylation is 1. The second kappa shape index (κ2) is 5.81. The van der Waals surface area contributed by atoms with Gasteiger partial charge in [-0.2, -0.15) is 0 Å². The first kappa shape index (κ1) is 12.1. The summed E-state index contributed by atoms with van der Waals surface area (Å²) in [7, 11) is 0. The lowest BCUT2D eigenvalue weighted by atomic mass is 10.1. The second-order valence-corrected chi connectivity index (χ2v) is 3.73. The van der Waals surface area contributed by atoms with Gasteiger partial charge >= 0.3 is 0 Å². The monoisotopic (exact) mass is 213 g/mol. The summed E-state index contributed by atoms with van der Waals surface area (Å²) >= 11 is 0. The van der Waals surface area contributed by atoms with E-state index in [4.69, 9.17) is 0 Å². The van der Waals surface area contributed by atoms with Crippen molar-refractivity contribution in [3.63, 3.8) is 0 Å². The Balaban J connectivity index is 2.50. The minimum absolute atomic E-state index is 0.361. The van der Waals surface area contributed by atoms with E-state index < -0.39 is 11.6 Å². The summed E-state index contributed by atoms with van der Waals surface area (Å²) in [6.07, 6.45) is 1.50. The minimum Gasteiger partial charge on any atom is -0.315 e. The van der Waals surface area contributed by atoms with Crippen molar-refractivity contribution in [2.75, 3.05) is 6.54 Å².